The van der Waals surface area contributed by atoms with Crippen LogP contribution in [0.15, 0.2) is 36.4 Å². The van der Waals surface area contributed by atoms with E-state index in [4.69, 9.17) is 4.74 Å². The summed E-state index contributed by atoms with van der Waals surface area (Å²) in [5.74, 6) is 0.750. The number of fused-ring (bicyclic) bond motifs is 1. The lowest BCUT2D eigenvalue weighted by molar-refractivity contribution is 0.294. The first-order valence-corrected chi connectivity index (χ1v) is 9.39. The minimum atomic E-state index is 0.750. The van der Waals surface area contributed by atoms with Crippen molar-refractivity contribution in [1.29, 1.82) is 0 Å². The molecule has 0 spiro atoms. The summed E-state index contributed by atoms with van der Waals surface area (Å²) in [7, 11) is 0. The van der Waals surface area contributed by atoms with E-state index in [0.717, 1.165) is 24.4 Å². The number of ether oxygens (including phenoxy) is 1. The van der Waals surface area contributed by atoms with E-state index < -0.39 is 0 Å². The minimum absolute atomic E-state index is 0.750. The zero-order chi connectivity index (χ0) is 16.2. The highest BCUT2D eigenvalue weighted by molar-refractivity contribution is 5.78. The lowest BCUT2D eigenvalue weighted by Gasteiger charge is -2.06. The van der Waals surface area contributed by atoms with Crippen LogP contribution in [0.25, 0.3) is 10.9 Å². The van der Waals surface area contributed by atoms with Crippen molar-refractivity contribution in [3.8, 4) is 5.88 Å². The molecule has 0 aliphatic rings. The van der Waals surface area contributed by atoms with Gasteiger partial charge in [0.05, 0.1) is 12.1 Å². The molecule has 2 heteroatoms. The molecule has 1 aromatic carbocycles. The second-order valence-corrected chi connectivity index (χ2v) is 6.37. The van der Waals surface area contributed by atoms with Crippen LogP contribution in [0, 0.1) is 0 Å². The monoisotopic (exact) mass is 313 g/mol. The van der Waals surface area contributed by atoms with Crippen molar-refractivity contribution < 1.29 is 4.74 Å². The molecule has 0 amide bonds. The zero-order valence-electron chi connectivity index (χ0n) is 14.6. The predicted octanol–water partition coefficient (Wildman–Crippen LogP) is 6.53. The van der Waals surface area contributed by atoms with E-state index in [0.29, 0.717) is 0 Å². The molecule has 2 aromatic rings. The standard InChI is InChI=1S/C21H31NO/c1-2-3-4-5-6-7-8-9-10-13-18-23-21-17-16-19-14-11-12-15-20(19)22-21/h11-12,14-17H,2-10,13,18H2,1H3. The molecule has 0 radical (unpaired) electrons. The molecule has 126 valence electrons. The van der Waals surface area contributed by atoms with Gasteiger partial charge in [0.2, 0.25) is 5.88 Å². The molecule has 2 nitrogen and oxygen atoms in total. The summed E-state index contributed by atoms with van der Waals surface area (Å²) >= 11 is 0. The van der Waals surface area contributed by atoms with Gasteiger partial charge in [-0.25, -0.2) is 4.98 Å². The van der Waals surface area contributed by atoms with Gasteiger partial charge < -0.3 is 4.74 Å². The highest BCUT2D eigenvalue weighted by atomic mass is 16.5. The second kappa shape index (κ2) is 11.0. The zero-order valence-corrected chi connectivity index (χ0v) is 14.6. The third-order valence-corrected chi connectivity index (χ3v) is 4.32. The number of benzene rings is 1. The van der Waals surface area contributed by atoms with Crippen molar-refractivity contribution >= 4 is 10.9 Å². The number of unbranched alkanes of at least 4 members (excludes halogenated alkanes) is 9. The van der Waals surface area contributed by atoms with Gasteiger partial charge in [0.25, 0.3) is 0 Å². The van der Waals surface area contributed by atoms with Gasteiger partial charge in [-0.15, -0.1) is 0 Å². The number of aromatic nitrogens is 1. The van der Waals surface area contributed by atoms with Crippen molar-refractivity contribution in [2.75, 3.05) is 6.61 Å². The largest absolute Gasteiger partial charge is 0.478 e. The molecular formula is C21H31NO. The van der Waals surface area contributed by atoms with E-state index in [9.17, 15) is 0 Å². The topological polar surface area (TPSA) is 22.1 Å². The third kappa shape index (κ3) is 7.02. The normalized spacial score (nSPS) is 11.0. The van der Waals surface area contributed by atoms with Crippen LogP contribution in [0.2, 0.25) is 0 Å². The Morgan fingerprint density at radius 3 is 2.13 bits per heavy atom. The van der Waals surface area contributed by atoms with Crippen LogP contribution < -0.4 is 4.74 Å². The van der Waals surface area contributed by atoms with Crippen LogP contribution in [0.1, 0.15) is 71.1 Å². The third-order valence-electron chi connectivity index (χ3n) is 4.32. The molecule has 0 atom stereocenters. The molecular weight excluding hydrogens is 282 g/mol. The number of nitrogens with zero attached hydrogens (tertiary/aromatic N) is 1. The van der Waals surface area contributed by atoms with Crippen LogP contribution in [0.5, 0.6) is 5.88 Å². The van der Waals surface area contributed by atoms with E-state index in [1.54, 1.807) is 0 Å². The van der Waals surface area contributed by atoms with E-state index in [-0.39, 0.29) is 0 Å². The Morgan fingerprint density at radius 2 is 1.39 bits per heavy atom. The maximum Gasteiger partial charge on any atom is 0.213 e. The molecule has 0 N–H and O–H groups in total. The number of rotatable bonds is 12. The smallest absolute Gasteiger partial charge is 0.213 e. The summed E-state index contributed by atoms with van der Waals surface area (Å²) in [6.07, 6.45) is 13.5. The second-order valence-electron chi connectivity index (χ2n) is 6.37. The first-order chi connectivity index (χ1) is 11.4. The number of hydrogen-bond donors (Lipinski definition) is 0. The van der Waals surface area contributed by atoms with Crippen LogP contribution >= 0.6 is 0 Å². The maximum atomic E-state index is 5.77. The average Bonchev–Trinajstić information content (AvgIpc) is 2.59. The maximum absolute atomic E-state index is 5.77. The fourth-order valence-corrected chi connectivity index (χ4v) is 2.89. The summed E-state index contributed by atoms with van der Waals surface area (Å²) in [6.45, 7) is 3.05. The number of para-hydroxylation sites is 1. The Labute approximate surface area is 141 Å². The average molecular weight is 313 g/mol. The summed E-state index contributed by atoms with van der Waals surface area (Å²) in [4.78, 5) is 4.54. The van der Waals surface area contributed by atoms with Crippen LogP contribution in [-0.2, 0) is 0 Å². The summed E-state index contributed by atoms with van der Waals surface area (Å²) in [5, 5.41) is 1.17. The fraction of sp³-hybridized carbons (Fsp3) is 0.571. The number of hydrogen-bond acceptors (Lipinski definition) is 2. The predicted molar refractivity (Wildman–Crippen MR) is 99.1 cm³/mol. The first kappa shape index (κ1) is 17.8. The molecule has 0 fully saturated rings. The molecule has 23 heavy (non-hydrogen) atoms. The van der Waals surface area contributed by atoms with Crippen LogP contribution in [0.3, 0.4) is 0 Å². The van der Waals surface area contributed by atoms with Gasteiger partial charge in [-0.05, 0) is 18.6 Å². The van der Waals surface area contributed by atoms with Crippen LogP contribution in [0.4, 0.5) is 0 Å². The van der Waals surface area contributed by atoms with E-state index in [1.807, 2.05) is 24.3 Å². The molecule has 1 aromatic heterocycles. The molecule has 0 unspecified atom stereocenters. The van der Waals surface area contributed by atoms with Gasteiger partial charge >= 0.3 is 0 Å². The lowest BCUT2D eigenvalue weighted by atomic mass is 10.1. The van der Waals surface area contributed by atoms with E-state index >= 15 is 0 Å². The summed E-state index contributed by atoms with van der Waals surface area (Å²) in [6, 6.07) is 12.2. The van der Waals surface area contributed by atoms with Gasteiger partial charge in [0.15, 0.2) is 0 Å². The molecule has 0 saturated heterocycles. The van der Waals surface area contributed by atoms with Crippen molar-refractivity contribution in [2.24, 2.45) is 0 Å². The lowest BCUT2D eigenvalue weighted by Crippen LogP contribution is -1.99. The summed E-state index contributed by atoms with van der Waals surface area (Å²) in [5.41, 5.74) is 1.01. The first-order valence-electron chi connectivity index (χ1n) is 9.39. The molecule has 0 aliphatic heterocycles. The number of pyridine rings is 1. The Morgan fingerprint density at radius 1 is 0.739 bits per heavy atom. The Hall–Kier alpha value is -1.57. The van der Waals surface area contributed by atoms with Gasteiger partial charge in [0, 0.05) is 11.5 Å². The van der Waals surface area contributed by atoms with Crippen molar-refractivity contribution in [3.63, 3.8) is 0 Å². The molecule has 0 bridgehead atoms. The molecule has 1 heterocycles. The van der Waals surface area contributed by atoms with E-state index in [1.165, 1.54) is 63.2 Å². The van der Waals surface area contributed by atoms with Crippen molar-refractivity contribution in [3.05, 3.63) is 36.4 Å². The highest BCUT2D eigenvalue weighted by Crippen LogP contribution is 2.16. The molecule has 2 rings (SSSR count). The SMILES string of the molecule is CCCCCCCCCCCCOc1ccc2ccccc2n1. The van der Waals surface area contributed by atoms with Gasteiger partial charge in [-0.3, -0.25) is 0 Å². The molecule has 0 aliphatic carbocycles. The Balaban J connectivity index is 1.50. The fourth-order valence-electron chi connectivity index (χ4n) is 2.89. The highest BCUT2D eigenvalue weighted by Gasteiger charge is 1.99. The van der Waals surface area contributed by atoms with Gasteiger partial charge in [0.1, 0.15) is 0 Å². The van der Waals surface area contributed by atoms with Crippen molar-refractivity contribution in [2.45, 2.75) is 71.1 Å². The minimum Gasteiger partial charge on any atom is -0.478 e. The summed E-state index contributed by atoms with van der Waals surface area (Å²) < 4.78 is 5.77. The molecule has 0 saturated carbocycles. The van der Waals surface area contributed by atoms with Gasteiger partial charge in [-0.1, -0.05) is 82.9 Å². The quantitative estimate of drug-likeness (QED) is 0.415. The van der Waals surface area contributed by atoms with E-state index in [2.05, 4.69) is 24.0 Å². The van der Waals surface area contributed by atoms with Crippen LogP contribution in [-0.4, -0.2) is 11.6 Å². The van der Waals surface area contributed by atoms with Gasteiger partial charge in [-0.2, -0.15) is 0 Å². The Bertz CT molecular complexity index is 552. The van der Waals surface area contributed by atoms with Crippen molar-refractivity contribution in [1.82, 2.24) is 4.98 Å². The Kier molecular flexibility index (Phi) is 8.53.